The number of hydrogen-bond donors (Lipinski definition) is 7. The number of carbonyl (C=O) groups excluding carboxylic acids is 3. The van der Waals surface area contributed by atoms with E-state index in [9.17, 15) is 24.0 Å². The fourth-order valence-corrected chi connectivity index (χ4v) is 2.45. The summed E-state index contributed by atoms with van der Waals surface area (Å²) in [5.41, 5.74) is 6.21. The third-order valence-corrected chi connectivity index (χ3v) is 4.38. The number of amides is 3. The maximum Gasteiger partial charge on any atom is 0.326 e. The lowest BCUT2D eigenvalue weighted by Gasteiger charge is -2.23. The number of carboxylic acids is 2. The van der Waals surface area contributed by atoms with Crippen molar-refractivity contribution in [3.63, 3.8) is 0 Å². The summed E-state index contributed by atoms with van der Waals surface area (Å²) < 4.78 is 0. The zero-order chi connectivity index (χ0) is 23.7. The molecule has 0 aliphatic carbocycles. The number of aromatic amines is 1. The van der Waals surface area contributed by atoms with Gasteiger partial charge < -0.3 is 36.9 Å². The Morgan fingerprint density at radius 3 is 2.10 bits per heavy atom. The topological polar surface area (TPSA) is 217 Å². The second kappa shape index (κ2) is 11.6. The summed E-state index contributed by atoms with van der Waals surface area (Å²) in [6, 6.07) is -4.82. The van der Waals surface area contributed by atoms with Crippen LogP contribution in [0.4, 0.5) is 0 Å². The first-order valence-corrected chi connectivity index (χ1v) is 9.50. The highest BCUT2D eigenvalue weighted by Gasteiger charge is 2.30. The van der Waals surface area contributed by atoms with E-state index in [1.165, 1.54) is 19.4 Å². The normalized spacial score (nSPS) is 14.7. The van der Waals surface area contributed by atoms with E-state index in [0.29, 0.717) is 5.69 Å². The Bertz CT molecular complexity index is 795. The predicted octanol–water partition coefficient (Wildman–Crippen LogP) is -2.03. The van der Waals surface area contributed by atoms with Gasteiger partial charge in [-0.05, 0) is 12.8 Å². The highest BCUT2D eigenvalue weighted by atomic mass is 16.4. The maximum atomic E-state index is 12.6. The molecule has 0 saturated carbocycles. The minimum absolute atomic E-state index is 0.0802. The first-order chi connectivity index (χ1) is 14.4. The molecule has 0 fully saturated rings. The van der Waals surface area contributed by atoms with Crippen LogP contribution >= 0.6 is 0 Å². The van der Waals surface area contributed by atoms with Gasteiger partial charge in [0.1, 0.15) is 18.1 Å². The van der Waals surface area contributed by atoms with Crippen LogP contribution in [0.15, 0.2) is 12.5 Å². The first kappa shape index (κ1) is 25.6. The summed E-state index contributed by atoms with van der Waals surface area (Å²) in [4.78, 5) is 65.9. The molecule has 0 bridgehead atoms. The van der Waals surface area contributed by atoms with Crippen LogP contribution < -0.4 is 21.7 Å². The number of aliphatic carboxylic acids is 2. The lowest BCUT2D eigenvalue weighted by Crippen LogP contribution is -2.57. The third-order valence-electron chi connectivity index (χ3n) is 4.38. The van der Waals surface area contributed by atoms with Gasteiger partial charge in [-0.2, -0.15) is 0 Å². The lowest BCUT2D eigenvalue weighted by atomic mass is 10.0. The number of aromatic nitrogens is 2. The van der Waals surface area contributed by atoms with E-state index in [4.69, 9.17) is 15.9 Å². The summed E-state index contributed by atoms with van der Waals surface area (Å²) in [7, 11) is 0. The van der Waals surface area contributed by atoms with Gasteiger partial charge in [0.25, 0.3) is 0 Å². The molecule has 0 aliphatic rings. The van der Waals surface area contributed by atoms with Crippen molar-refractivity contribution in [1.82, 2.24) is 25.9 Å². The largest absolute Gasteiger partial charge is 0.481 e. The molecule has 172 valence electrons. The summed E-state index contributed by atoms with van der Waals surface area (Å²) in [6.07, 6.45) is 1.84. The molecule has 31 heavy (non-hydrogen) atoms. The van der Waals surface area contributed by atoms with Gasteiger partial charge in [0.05, 0.1) is 18.8 Å². The average molecular weight is 440 g/mol. The van der Waals surface area contributed by atoms with Crippen LogP contribution in [0.25, 0.3) is 0 Å². The van der Waals surface area contributed by atoms with Crippen LogP contribution in [0.5, 0.6) is 0 Å². The van der Waals surface area contributed by atoms with Crippen LogP contribution in [-0.4, -0.2) is 74.0 Å². The average Bonchev–Trinajstić information content (AvgIpc) is 3.18. The number of carboxylic acid groups (broad SMARTS) is 2. The number of H-pyrrole nitrogens is 1. The molecular weight excluding hydrogens is 412 g/mol. The molecule has 1 rings (SSSR count). The Morgan fingerprint density at radius 1 is 1.00 bits per heavy atom. The maximum absolute atomic E-state index is 12.6. The third kappa shape index (κ3) is 8.42. The van der Waals surface area contributed by atoms with Crippen LogP contribution in [0.3, 0.4) is 0 Å². The summed E-state index contributed by atoms with van der Waals surface area (Å²) >= 11 is 0. The van der Waals surface area contributed by atoms with Crippen molar-refractivity contribution in [1.29, 1.82) is 0 Å². The number of imidazole rings is 1. The van der Waals surface area contributed by atoms with Gasteiger partial charge in [0.2, 0.25) is 17.7 Å². The molecule has 8 N–H and O–H groups in total. The minimum atomic E-state index is -1.69. The molecule has 1 aromatic rings. The first-order valence-electron chi connectivity index (χ1n) is 9.50. The molecule has 13 heteroatoms. The molecule has 0 saturated heterocycles. The molecule has 13 nitrogen and oxygen atoms in total. The fourth-order valence-electron chi connectivity index (χ4n) is 2.45. The number of nitrogens with zero attached hydrogens (tertiary/aromatic N) is 1. The predicted molar refractivity (Wildman–Crippen MR) is 106 cm³/mol. The van der Waals surface area contributed by atoms with Crippen molar-refractivity contribution < 1.29 is 34.2 Å². The summed E-state index contributed by atoms with van der Waals surface area (Å²) in [5, 5.41) is 24.9. The number of nitrogens with two attached hydrogens (primary N) is 1. The van der Waals surface area contributed by atoms with Gasteiger partial charge in [-0.25, -0.2) is 9.78 Å². The van der Waals surface area contributed by atoms with E-state index in [1.54, 1.807) is 13.8 Å². The van der Waals surface area contributed by atoms with Gasteiger partial charge in [-0.1, -0.05) is 13.8 Å². The van der Waals surface area contributed by atoms with E-state index in [-0.39, 0.29) is 12.3 Å². The monoisotopic (exact) mass is 440 g/mol. The molecular formula is C18H28N6O7. The summed E-state index contributed by atoms with van der Waals surface area (Å²) in [5.74, 6) is -5.27. The van der Waals surface area contributed by atoms with Crippen molar-refractivity contribution in [3.05, 3.63) is 18.2 Å². The number of hydrogen-bond acceptors (Lipinski definition) is 7. The smallest absolute Gasteiger partial charge is 0.326 e. The number of nitrogens with one attached hydrogen (secondary N) is 4. The van der Waals surface area contributed by atoms with Gasteiger partial charge in [0.15, 0.2) is 0 Å². The van der Waals surface area contributed by atoms with E-state index >= 15 is 0 Å². The van der Waals surface area contributed by atoms with Crippen molar-refractivity contribution in [2.24, 2.45) is 11.7 Å². The molecule has 0 radical (unpaired) electrons. The molecule has 0 spiro atoms. The zero-order valence-corrected chi connectivity index (χ0v) is 17.4. The van der Waals surface area contributed by atoms with Crippen LogP contribution in [0.2, 0.25) is 0 Å². The SMILES string of the molecule is CC(NC(=O)C(N)C(C)C)C(=O)NC(Cc1cnc[nH]1)C(=O)NC(CC(=O)O)C(=O)O. The van der Waals surface area contributed by atoms with Gasteiger partial charge in [0, 0.05) is 18.3 Å². The Labute approximate surface area is 178 Å². The number of rotatable bonds is 12. The van der Waals surface area contributed by atoms with E-state index in [0.717, 1.165) is 0 Å². The van der Waals surface area contributed by atoms with Crippen molar-refractivity contribution in [3.8, 4) is 0 Å². The fraction of sp³-hybridized carbons (Fsp3) is 0.556. The van der Waals surface area contributed by atoms with Crippen LogP contribution in [0.1, 0.15) is 32.9 Å². The molecule has 0 aliphatic heterocycles. The van der Waals surface area contributed by atoms with Crippen LogP contribution in [0, 0.1) is 5.92 Å². The number of carbonyl (C=O) groups is 5. The van der Waals surface area contributed by atoms with Crippen molar-refractivity contribution >= 4 is 29.7 Å². The van der Waals surface area contributed by atoms with E-state index in [1.807, 2.05) is 0 Å². The van der Waals surface area contributed by atoms with Crippen molar-refractivity contribution in [2.45, 2.75) is 57.8 Å². The molecule has 4 atom stereocenters. The standard InChI is InChI=1S/C18H28N6O7/c1-8(2)14(19)17(29)22-9(3)15(27)23-11(4-10-6-20-7-21-10)16(28)24-12(18(30)31)5-13(25)26/h6-9,11-12,14H,4-5,19H2,1-3H3,(H,20,21)(H,22,29)(H,23,27)(H,24,28)(H,25,26)(H,30,31). The molecule has 0 aromatic carbocycles. The quantitative estimate of drug-likeness (QED) is 0.190. The van der Waals surface area contributed by atoms with Gasteiger partial charge in [-0.3, -0.25) is 19.2 Å². The molecule has 1 heterocycles. The van der Waals surface area contributed by atoms with Crippen molar-refractivity contribution in [2.75, 3.05) is 0 Å². The highest BCUT2D eigenvalue weighted by Crippen LogP contribution is 2.03. The van der Waals surface area contributed by atoms with Gasteiger partial charge >= 0.3 is 11.9 Å². The van der Waals surface area contributed by atoms with E-state index < -0.39 is 60.2 Å². The van der Waals surface area contributed by atoms with Gasteiger partial charge in [-0.15, -0.1) is 0 Å². The second-order valence-electron chi connectivity index (χ2n) is 7.34. The van der Waals surface area contributed by atoms with Crippen LogP contribution in [-0.2, 0) is 30.4 Å². The lowest BCUT2D eigenvalue weighted by molar-refractivity contribution is -0.147. The molecule has 4 unspecified atom stereocenters. The summed E-state index contributed by atoms with van der Waals surface area (Å²) in [6.45, 7) is 4.89. The zero-order valence-electron chi connectivity index (χ0n) is 17.4. The Morgan fingerprint density at radius 2 is 1.61 bits per heavy atom. The molecule has 1 aromatic heterocycles. The Hall–Kier alpha value is -3.48. The molecule has 3 amide bonds. The minimum Gasteiger partial charge on any atom is -0.481 e. The Kier molecular flexibility index (Phi) is 9.60. The highest BCUT2D eigenvalue weighted by molar-refractivity contribution is 5.94. The van der Waals surface area contributed by atoms with E-state index in [2.05, 4.69) is 25.9 Å². The Balaban J connectivity index is 2.91. The second-order valence-corrected chi connectivity index (χ2v) is 7.34.